The van der Waals surface area contributed by atoms with E-state index in [-0.39, 0.29) is 23.2 Å². The number of anilines is 2. The van der Waals surface area contributed by atoms with Crippen molar-refractivity contribution in [1.82, 2.24) is 9.47 Å². The third-order valence-corrected chi connectivity index (χ3v) is 8.03. The van der Waals surface area contributed by atoms with Gasteiger partial charge in [-0.1, -0.05) is 18.9 Å². The molecule has 2 aromatic carbocycles. The summed E-state index contributed by atoms with van der Waals surface area (Å²) in [6, 6.07) is 11.7. The second-order valence-electron chi connectivity index (χ2n) is 10.0. The molecule has 2 atom stereocenters. The van der Waals surface area contributed by atoms with Gasteiger partial charge in [-0.2, -0.15) is 13.2 Å². The number of hydrogen-bond acceptors (Lipinski definition) is 6. The molecule has 7 nitrogen and oxygen atoms in total. The number of ether oxygens (including phenoxy) is 1. The highest BCUT2D eigenvalue weighted by molar-refractivity contribution is 7.90. The number of likely N-dealkylation sites (tertiary alicyclic amines) is 1. The van der Waals surface area contributed by atoms with Gasteiger partial charge >= 0.3 is 6.18 Å². The van der Waals surface area contributed by atoms with E-state index < -0.39 is 22.6 Å². The van der Waals surface area contributed by atoms with Gasteiger partial charge in [-0.25, -0.2) is 8.42 Å². The van der Waals surface area contributed by atoms with Crippen molar-refractivity contribution >= 4 is 32.1 Å². The number of alkyl halides is 3. The number of rotatable bonds is 7. The molecule has 210 valence electrons. The number of nitrogens with zero attached hydrogens (tertiary/aromatic N) is 2. The molecule has 1 fully saturated rings. The molecule has 0 spiro atoms. The molecule has 1 aliphatic heterocycles. The zero-order chi connectivity index (χ0) is 28.4. The number of benzene rings is 2. The highest BCUT2D eigenvalue weighted by Crippen LogP contribution is 2.32. The first-order valence-electron chi connectivity index (χ1n) is 12.6. The van der Waals surface area contributed by atoms with E-state index in [2.05, 4.69) is 41.3 Å². The smallest absolute Gasteiger partial charge is 0.406 e. The van der Waals surface area contributed by atoms with Gasteiger partial charge in [0.05, 0.1) is 35.4 Å². The lowest BCUT2D eigenvalue weighted by molar-refractivity contribution is -0.140. The Morgan fingerprint density at radius 2 is 1.92 bits per heavy atom. The molecule has 1 aromatic heterocycles. The summed E-state index contributed by atoms with van der Waals surface area (Å²) in [5.74, 6) is 6.51. The van der Waals surface area contributed by atoms with Crippen LogP contribution in [0.3, 0.4) is 0 Å². The predicted octanol–water partition coefficient (Wildman–Crippen LogP) is 4.83. The first kappa shape index (κ1) is 28.6. The van der Waals surface area contributed by atoms with Crippen molar-refractivity contribution in [2.45, 2.75) is 37.0 Å². The predicted molar refractivity (Wildman–Crippen MR) is 148 cm³/mol. The monoisotopic (exact) mass is 562 g/mol. The first-order valence-corrected chi connectivity index (χ1v) is 14.5. The molecule has 0 amide bonds. The lowest BCUT2D eigenvalue weighted by Gasteiger charge is -2.36. The average Bonchev–Trinajstić information content (AvgIpc) is 3.19. The van der Waals surface area contributed by atoms with Crippen LogP contribution in [0.15, 0.2) is 47.4 Å². The van der Waals surface area contributed by atoms with E-state index in [4.69, 9.17) is 4.74 Å². The number of halogens is 3. The Kier molecular flexibility index (Phi) is 8.37. The van der Waals surface area contributed by atoms with Crippen LogP contribution in [-0.2, 0) is 16.4 Å². The van der Waals surface area contributed by atoms with Crippen molar-refractivity contribution in [3.8, 4) is 17.6 Å². The van der Waals surface area contributed by atoms with Crippen molar-refractivity contribution in [3.63, 3.8) is 0 Å². The number of sulfone groups is 1. The normalized spacial score (nSPS) is 18.4. The summed E-state index contributed by atoms with van der Waals surface area (Å²) in [4.78, 5) is 2.40. The summed E-state index contributed by atoms with van der Waals surface area (Å²) in [5.41, 5.74) is 2.04. The number of aromatic nitrogens is 1. The number of nitrogens with one attached hydrogen (secondary N) is 2. The molecule has 2 heterocycles. The molecule has 0 saturated carbocycles. The largest absolute Gasteiger partial charge is 0.495 e. The average molecular weight is 563 g/mol. The van der Waals surface area contributed by atoms with Crippen molar-refractivity contribution < 1.29 is 26.3 Å². The highest BCUT2D eigenvalue weighted by atomic mass is 32.2. The van der Waals surface area contributed by atoms with Gasteiger partial charge in [0.2, 0.25) is 0 Å². The Hall–Kier alpha value is -3.36. The quantitative estimate of drug-likeness (QED) is 0.402. The van der Waals surface area contributed by atoms with E-state index in [1.54, 1.807) is 24.3 Å². The van der Waals surface area contributed by atoms with Gasteiger partial charge in [-0.15, -0.1) is 0 Å². The van der Waals surface area contributed by atoms with Crippen molar-refractivity contribution in [1.29, 1.82) is 0 Å². The van der Waals surface area contributed by atoms with E-state index in [1.807, 2.05) is 6.07 Å². The molecule has 1 saturated heterocycles. The van der Waals surface area contributed by atoms with Crippen LogP contribution in [0, 0.1) is 17.8 Å². The minimum atomic E-state index is -4.42. The molecule has 0 aliphatic carbocycles. The summed E-state index contributed by atoms with van der Waals surface area (Å²) in [6.07, 6.45) is -2.36. The molecule has 0 bridgehead atoms. The summed E-state index contributed by atoms with van der Waals surface area (Å²) in [7, 11) is 0.109. The van der Waals surface area contributed by atoms with Gasteiger partial charge in [0.15, 0.2) is 9.84 Å². The molecule has 3 aromatic rings. The number of piperidine rings is 1. The Bertz CT molecular complexity index is 1510. The van der Waals surface area contributed by atoms with Crippen LogP contribution in [0.25, 0.3) is 10.9 Å². The van der Waals surface area contributed by atoms with Crippen molar-refractivity contribution in [3.05, 3.63) is 48.2 Å². The Balaban J connectivity index is 1.61. The molecule has 2 N–H and O–H groups in total. The van der Waals surface area contributed by atoms with Crippen LogP contribution in [0.1, 0.15) is 19.0 Å². The maximum atomic E-state index is 13.5. The maximum Gasteiger partial charge on any atom is 0.406 e. The standard InChI is InChI=1S/C28H33F3N4O3S/c1-19-17-34(2)14-12-23(19)33-24-8-5-9-26-22(24)15-20(35(26)18-28(29,30)31)7-6-13-32-25-11-10-21(39(4,36)37)16-27(25)38-3/h5,8-11,15-16,19,23,32-33H,12-14,17-18H2,1-4H3/t19-,23+/m0/s1. The zero-order valence-corrected chi connectivity index (χ0v) is 23.2. The molecular formula is C28H33F3N4O3S. The SMILES string of the molecule is COc1cc(S(C)(=O)=O)ccc1NCC#Cc1cc2c(N[C@@H]3CCN(C)C[C@@H]3C)cccc2n1CC(F)(F)F. The first-order chi connectivity index (χ1) is 18.4. The van der Waals surface area contributed by atoms with E-state index in [0.29, 0.717) is 28.3 Å². The molecule has 4 rings (SSSR count). The van der Waals surface area contributed by atoms with Gasteiger partial charge in [0, 0.05) is 36.0 Å². The second-order valence-corrected chi connectivity index (χ2v) is 12.1. The van der Waals surface area contributed by atoms with E-state index in [0.717, 1.165) is 31.5 Å². The van der Waals surface area contributed by atoms with Gasteiger partial charge < -0.3 is 24.8 Å². The minimum absolute atomic E-state index is 0.111. The molecule has 0 unspecified atom stereocenters. The van der Waals surface area contributed by atoms with Gasteiger partial charge in [0.25, 0.3) is 0 Å². The lowest BCUT2D eigenvalue weighted by Crippen LogP contribution is -2.43. The van der Waals surface area contributed by atoms with Crippen molar-refractivity contribution in [2.75, 3.05) is 50.7 Å². The minimum Gasteiger partial charge on any atom is -0.495 e. The molecule has 0 radical (unpaired) electrons. The van der Waals surface area contributed by atoms with Crippen molar-refractivity contribution in [2.24, 2.45) is 5.92 Å². The van der Waals surface area contributed by atoms with E-state index in [9.17, 15) is 21.6 Å². The highest BCUT2D eigenvalue weighted by Gasteiger charge is 2.30. The van der Waals surface area contributed by atoms with Gasteiger partial charge in [-0.3, -0.25) is 0 Å². The number of methoxy groups -OCH3 is 1. The maximum absolute atomic E-state index is 13.5. The Morgan fingerprint density at radius 1 is 1.15 bits per heavy atom. The number of hydrogen-bond donors (Lipinski definition) is 2. The van der Waals surface area contributed by atoms with Crippen LogP contribution in [-0.4, -0.2) is 70.2 Å². The van der Waals surface area contributed by atoms with E-state index >= 15 is 0 Å². The fraction of sp³-hybridized carbons (Fsp3) is 0.429. The zero-order valence-electron chi connectivity index (χ0n) is 22.4. The second kappa shape index (κ2) is 11.4. The summed E-state index contributed by atoms with van der Waals surface area (Å²) in [6.45, 7) is 3.05. The fourth-order valence-electron chi connectivity index (χ4n) is 4.95. The summed E-state index contributed by atoms with van der Waals surface area (Å²) < 4.78 is 70.7. The Labute approximate surface area is 227 Å². The van der Waals surface area contributed by atoms with Crippen LogP contribution < -0.4 is 15.4 Å². The molecule has 11 heteroatoms. The molecule has 39 heavy (non-hydrogen) atoms. The van der Waals surface area contributed by atoms with Gasteiger partial charge in [0.1, 0.15) is 12.3 Å². The topological polar surface area (TPSA) is 75.6 Å². The third kappa shape index (κ3) is 6.99. The van der Waals surface area contributed by atoms with Gasteiger partial charge in [-0.05, 0) is 62.2 Å². The van der Waals surface area contributed by atoms with Crippen LogP contribution in [0.4, 0.5) is 24.5 Å². The summed E-state index contributed by atoms with van der Waals surface area (Å²) in [5, 5.41) is 7.32. The number of fused-ring (bicyclic) bond motifs is 1. The third-order valence-electron chi connectivity index (χ3n) is 6.92. The summed E-state index contributed by atoms with van der Waals surface area (Å²) >= 11 is 0. The van der Waals surface area contributed by atoms with Crippen LogP contribution in [0.5, 0.6) is 5.75 Å². The Morgan fingerprint density at radius 3 is 2.59 bits per heavy atom. The van der Waals surface area contributed by atoms with E-state index in [1.165, 1.54) is 23.8 Å². The fourth-order valence-corrected chi connectivity index (χ4v) is 5.59. The lowest BCUT2D eigenvalue weighted by atomic mass is 9.94. The van der Waals surface area contributed by atoms with Crippen LogP contribution in [0.2, 0.25) is 0 Å². The molecule has 1 aliphatic rings. The van der Waals surface area contributed by atoms with Crippen LogP contribution >= 0.6 is 0 Å². The molecular weight excluding hydrogens is 529 g/mol.